The van der Waals surface area contributed by atoms with Gasteiger partial charge in [0.25, 0.3) is 5.91 Å². The maximum absolute atomic E-state index is 12.9. The highest BCUT2D eigenvalue weighted by atomic mass is 16.2. The summed E-state index contributed by atoms with van der Waals surface area (Å²) in [4.78, 5) is 14.8. The van der Waals surface area contributed by atoms with Gasteiger partial charge in [0.05, 0.1) is 12.2 Å². The van der Waals surface area contributed by atoms with Crippen LogP contribution in [0.3, 0.4) is 0 Å². The quantitative estimate of drug-likeness (QED) is 0.911. The normalized spacial score (nSPS) is 21.0. The fourth-order valence-corrected chi connectivity index (χ4v) is 3.60. The van der Waals surface area contributed by atoms with Crippen LogP contribution in [0.15, 0.2) is 12.4 Å². The Morgan fingerprint density at radius 1 is 1.38 bits per heavy atom. The third-order valence-corrected chi connectivity index (χ3v) is 4.63. The van der Waals surface area contributed by atoms with Crippen molar-refractivity contribution >= 4 is 5.91 Å². The number of H-pyrrole nitrogens is 1. The molecule has 110 valence electrons. The lowest BCUT2D eigenvalue weighted by molar-refractivity contribution is 0.0728. The lowest BCUT2D eigenvalue weighted by Crippen LogP contribution is -2.31. The first-order valence-electron chi connectivity index (χ1n) is 7.59. The molecule has 1 aliphatic carbocycles. The van der Waals surface area contributed by atoms with Crippen molar-refractivity contribution in [2.75, 3.05) is 6.54 Å². The summed E-state index contributed by atoms with van der Waals surface area (Å²) in [6.45, 7) is 0.806. The standard InChI is InChI=1S/C15H19N5O/c1-19-9-10(8-16-19)13-6-3-7-20(13)15(21)14-11-4-2-5-12(11)17-18-14/h8-9,13H,2-7H2,1H3,(H,17,18)/t13-/m1/s1. The van der Waals surface area contributed by atoms with Crippen molar-refractivity contribution in [1.82, 2.24) is 24.9 Å². The smallest absolute Gasteiger partial charge is 0.275 e. The SMILES string of the molecule is Cn1cc([C@H]2CCCN2C(=O)c2n[nH]c3c2CCC3)cn1. The van der Waals surface area contributed by atoms with Gasteiger partial charge in [-0.1, -0.05) is 0 Å². The summed E-state index contributed by atoms with van der Waals surface area (Å²) >= 11 is 0. The van der Waals surface area contributed by atoms with Crippen LogP contribution >= 0.6 is 0 Å². The van der Waals surface area contributed by atoms with Crippen LogP contribution in [-0.4, -0.2) is 37.3 Å². The van der Waals surface area contributed by atoms with Crippen molar-refractivity contribution in [2.24, 2.45) is 7.05 Å². The Kier molecular flexibility index (Phi) is 2.83. The number of carbonyl (C=O) groups is 1. The number of likely N-dealkylation sites (tertiary alicyclic amines) is 1. The first kappa shape index (κ1) is 12.6. The molecule has 6 heteroatoms. The topological polar surface area (TPSA) is 66.8 Å². The van der Waals surface area contributed by atoms with Gasteiger partial charge in [0, 0.05) is 36.6 Å². The summed E-state index contributed by atoms with van der Waals surface area (Å²) < 4.78 is 1.79. The molecule has 2 aliphatic rings. The highest BCUT2D eigenvalue weighted by Gasteiger charge is 2.34. The van der Waals surface area contributed by atoms with Gasteiger partial charge in [-0.05, 0) is 32.1 Å². The van der Waals surface area contributed by atoms with E-state index in [0.717, 1.165) is 55.5 Å². The molecule has 0 unspecified atom stereocenters. The van der Waals surface area contributed by atoms with Crippen LogP contribution in [0.2, 0.25) is 0 Å². The van der Waals surface area contributed by atoms with Crippen molar-refractivity contribution in [3.8, 4) is 0 Å². The first-order chi connectivity index (χ1) is 10.2. The van der Waals surface area contributed by atoms with Gasteiger partial charge in [0.15, 0.2) is 5.69 Å². The molecule has 1 atom stereocenters. The lowest BCUT2D eigenvalue weighted by Gasteiger charge is -2.23. The maximum atomic E-state index is 12.9. The van der Waals surface area contributed by atoms with Crippen molar-refractivity contribution in [1.29, 1.82) is 0 Å². The number of aromatic amines is 1. The molecule has 0 saturated carbocycles. The number of fused-ring (bicyclic) bond motifs is 1. The lowest BCUT2D eigenvalue weighted by atomic mass is 10.1. The van der Waals surface area contributed by atoms with E-state index in [1.54, 1.807) is 4.68 Å². The number of carbonyl (C=O) groups excluding carboxylic acids is 1. The van der Waals surface area contributed by atoms with Gasteiger partial charge in [-0.2, -0.15) is 10.2 Å². The molecule has 1 N–H and O–H groups in total. The van der Waals surface area contributed by atoms with Crippen molar-refractivity contribution < 1.29 is 4.79 Å². The van der Waals surface area contributed by atoms with E-state index in [1.165, 1.54) is 0 Å². The van der Waals surface area contributed by atoms with Crippen LogP contribution in [0, 0.1) is 0 Å². The van der Waals surface area contributed by atoms with E-state index in [0.29, 0.717) is 5.69 Å². The predicted molar refractivity (Wildman–Crippen MR) is 76.8 cm³/mol. The highest BCUT2D eigenvalue weighted by Crippen LogP contribution is 2.34. The molecular weight excluding hydrogens is 266 g/mol. The Morgan fingerprint density at radius 3 is 3.10 bits per heavy atom. The fourth-order valence-electron chi connectivity index (χ4n) is 3.60. The molecule has 6 nitrogen and oxygen atoms in total. The molecule has 2 aromatic heterocycles. The molecule has 1 fully saturated rings. The summed E-state index contributed by atoms with van der Waals surface area (Å²) in [7, 11) is 1.91. The summed E-state index contributed by atoms with van der Waals surface area (Å²) in [5.41, 5.74) is 4.04. The summed E-state index contributed by atoms with van der Waals surface area (Å²) in [6.07, 6.45) is 9.02. The summed E-state index contributed by atoms with van der Waals surface area (Å²) in [5.74, 6) is 0.0701. The molecule has 0 radical (unpaired) electrons. The first-order valence-corrected chi connectivity index (χ1v) is 7.59. The van der Waals surface area contributed by atoms with E-state index in [4.69, 9.17) is 0 Å². The Labute approximate surface area is 123 Å². The highest BCUT2D eigenvalue weighted by molar-refractivity contribution is 5.94. The zero-order chi connectivity index (χ0) is 14.4. The molecule has 1 aliphatic heterocycles. The average molecular weight is 285 g/mol. The van der Waals surface area contributed by atoms with E-state index in [1.807, 2.05) is 24.3 Å². The van der Waals surface area contributed by atoms with Crippen molar-refractivity contribution in [3.63, 3.8) is 0 Å². The van der Waals surface area contributed by atoms with Crippen LogP contribution in [-0.2, 0) is 19.9 Å². The predicted octanol–water partition coefficient (Wildman–Crippen LogP) is 1.61. The van der Waals surface area contributed by atoms with E-state index in [2.05, 4.69) is 15.3 Å². The number of aryl methyl sites for hydroxylation is 2. The van der Waals surface area contributed by atoms with Crippen LogP contribution in [0.25, 0.3) is 0 Å². The van der Waals surface area contributed by atoms with Gasteiger partial charge in [0.2, 0.25) is 0 Å². The van der Waals surface area contributed by atoms with E-state index < -0.39 is 0 Å². The molecule has 21 heavy (non-hydrogen) atoms. The minimum atomic E-state index is 0.0701. The molecule has 1 amide bonds. The zero-order valence-corrected chi connectivity index (χ0v) is 12.2. The third-order valence-electron chi connectivity index (χ3n) is 4.63. The number of hydrogen-bond acceptors (Lipinski definition) is 3. The third kappa shape index (κ3) is 1.97. The number of nitrogens with zero attached hydrogens (tertiary/aromatic N) is 4. The minimum Gasteiger partial charge on any atom is -0.330 e. The average Bonchev–Trinajstić information content (AvgIpc) is 3.21. The van der Waals surface area contributed by atoms with Gasteiger partial charge in [0.1, 0.15) is 0 Å². The second-order valence-corrected chi connectivity index (χ2v) is 5.99. The molecule has 2 aromatic rings. The monoisotopic (exact) mass is 285 g/mol. The maximum Gasteiger partial charge on any atom is 0.275 e. The van der Waals surface area contributed by atoms with E-state index >= 15 is 0 Å². The Morgan fingerprint density at radius 2 is 2.29 bits per heavy atom. The number of amides is 1. The molecule has 1 saturated heterocycles. The van der Waals surface area contributed by atoms with Crippen LogP contribution in [0.4, 0.5) is 0 Å². The fraction of sp³-hybridized carbons (Fsp3) is 0.533. The Balaban J connectivity index is 1.64. The molecule has 0 aromatic carbocycles. The number of hydrogen-bond donors (Lipinski definition) is 1. The van der Waals surface area contributed by atoms with Gasteiger partial charge < -0.3 is 4.90 Å². The van der Waals surface area contributed by atoms with Gasteiger partial charge >= 0.3 is 0 Å². The Hall–Kier alpha value is -2.11. The molecule has 0 bridgehead atoms. The number of rotatable bonds is 2. The number of nitrogens with one attached hydrogen (secondary N) is 1. The molecule has 0 spiro atoms. The second-order valence-electron chi connectivity index (χ2n) is 5.99. The van der Waals surface area contributed by atoms with Crippen LogP contribution in [0.5, 0.6) is 0 Å². The molecule has 3 heterocycles. The van der Waals surface area contributed by atoms with Gasteiger partial charge in [-0.3, -0.25) is 14.6 Å². The minimum absolute atomic E-state index is 0.0701. The second kappa shape index (κ2) is 4.72. The van der Waals surface area contributed by atoms with Crippen molar-refractivity contribution in [2.45, 2.75) is 38.1 Å². The zero-order valence-electron chi connectivity index (χ0n) is 12.2. The van der Waals surface area contributed by atoms with Crippen LogP contribution in [0.1, 0.15) is 52.6 Å². The van der Waals surface area contributed by atoms with Crippen molar-refractivity contribution in [3.05, 3.63) is 34.9 Å². The largest absolute Gasteiger partial charge is 0.330 e. The van der Waals surface area contributed by atoms with Gasteiger partial charge in [-0.25, -0.2) is 0 Å². The van der Waals surface area contributed by atoms with Crippen LogP contribution < -0.4 is 0 Å². The van der Waals surface area contributed by atoms with E-state index in [9.17, 15) is 4.79 Å². The summed E-state index contributed by atoms with van der Waals surface area (Å²) in [5, 5.41) is 11.5. The van der Waals surface area contributed by atoms with E-state index in [-0.39, 0.29) is 11.9 Å². The number of aromatic nitrogens is 4. The molecular formula is C15H19N5O. The molecule has 4 rings (SSSR count). The Bertz CT molecular complexity index is 686. The van der Waals surface area contributed by atoms with Gasteiger partial charge in [-0.15, -0.1) is 0 Å². The summed E-state index contributed by atoms with van der Waals surface area (Å²) in [6, 6.07) is 0.139.